The number of hydrogen-bond acceptors (Lipinski definition) is 4. The second-order valence-corrected chi connectivity index (χ2v) is 8.85. The Morgan fingerprint density at radius 2 is 1.63 bits per heavy atom. The van der Waals surface area contributed by atoms with Gasteiger partial charge < -0.3 is 19.4 Å². The number of fused-ring (bicyclic) bond motifs is 1. The van der Waals surface area contributed by atoms with Crippen LogP contribution in [0.3, 0.4) is 0 Å². The summed E-state index contributed by atoms with van der Waals surface area (Å²) < 4.78 is 11.4. The van der Waals surface area contributed by atoms with E-state index in [2.05, 4.69) is 23.2 Å². The van der Waals surface area contributed by atoms with Gasteiger partial charge in [0.1, 0.15) is 12.7 Å². The summed E-state index contributed by atoms with van der Waals surface area (Å²) >= 11 is 0. The molecule has 1 fully saturated rings. The predicted octanol–water partition coefficient (Wildman–Crippen LogP) is 5.89. The monoisotopic (exact) mass is 468 g/mol. The lowest BCUT2D eigenvalue weighted by molar-refractivity contribution is -0.149. The Labute approximate surface area is 204 Å². The molecule has 1 aliphatic rings. The van der Waals surface area contributed by atoms with Crippen molar-refractivity contribution in [2.45, 2.75) is 32.0 Å². The molecule has 2 heterocycles. The molecular weight excluding hydrogens is 440 g/mol. The highest BCUT2D eigenvalue weighted by Gasteiger charge is 2.38. The Kier molecular flexibility index (Phi) is 6.53. The van der Waals surface area contributed by atoms with Gasteiger partial charge in [0.15, 0.2) is 0 Å². The number of carbonyl (C=O) groups is 2. The summed E-state index contributed by atoms with van der Waals surface area (Å²) in [5.74, 6) is -0.524. The van der Waals surface area contributed by atoms with Crippen molar-refractivity contribution in [1.82, 2.24) is 9.88 Å². The van der Waals surface area contributed by atoms with Crippen molar-refractivity contribution in [2.75, 3.05) is 13.1 Å². The maximum atomic E-state index is 13.0. The van der Waals surface area contributed by atoms with Crippen molar-refractivity contribution in [1.29, 1.82) is 0 Å². The van der Waals surface area contributed by atoms with E-state index in [1.54, 1.807) is 4.90 Å². The van der Waals surface area contributed by atoms with Crippen molar-refractivity contribution < 1.29 is 19.1 Å². The number of aromatic nitrogens is 1. The summed E-state index contributed by atoms with van der Waals surface area (Å²) in [5.41, 5.74) is 5.03. The number of nitrogens with one attached hydrogen (secondary N) is 1. The summed E-state index contributed by atoms with van der Waals surface area (Å²) in [6, 6.07) is 27.9. The van der Waals surface area contributed by atoms with Gasteiger partial charge in [-0.2, -0.15) is 0 Å². The highest BCUT2D eigenvalue weighted by atomic mass is 16.6. The number of piperidine rings is 1. The molecule has 5 rings (SSSR count). The van der Waals surface area contributed by atoms with Crippen molar-refractivity contribution in [3.8, 4) is 11.3 Å². The molecule has 35 heavy (non-hydrogen) atoms. The summed E-state index contributed by atoms with van der Waals surface area (Å²) in [6.45, 7) is 2.51. The van der Waals surface area contributed by atoms with Crippen LogP contribution in [0.15, 0.2) is 84.9 Å². The van der Waals surface area contributed by atoms with Crippen LogP contribution < -0.4 is 0 Å². The molecule has 1 aromatic heterocycles. The maximum Gasteiger partial charge on any atom is 0.410 e. The van der Waals surface area contributed by atoms with Crippen LogP contribution in [-0.2, 0) is 20.9 Å². The molecule has 1 N–H and O–H groups in total. The van der Waals surface area contributed by atoms with Gasteiger partial charge in [-0.05, 0) is 22.8 Å². The largest absolute Gasteiger partial charge is 0.462 e. The number of benzene rings is 3. The number of rotatable bonds is 5. The topological polar surface area (TPSA) is 71.6 Å². The van der Waals surface area contributed by atoms with Gasteiger partial charge in [-0.3, -0.25) is 4.79 Å². The van der Waals surface area contributed by atoms with Gasteiger partial charge in [0, 0.05) is 43.3 Å². The summed E-state index contributed by atoms with van der Waals surface area (Å²) in [4.78, 5) is 30.3. The summed E-state index contributed by atoms with van der Waals surface area (Å²) in [7, 11) is 0. The lowest BCUT2D eigenvalue weighted by Gasteiger charge is -2.38. The predicted molar refractivity (Wildman–Crippen MR) is 135 cm³/mol. The molecule has 2 atom stereocenters. The van der Waals surface area contributed by atoms with E-state index in [9.17, 15) is 9.59 Å². The highest BCUT2D eigenvalue weighted by Crippen LogP contribution is 2.40. The fourth-order valence-electron chi connectivity index (χ4n) is 4.92. The van der Waals surface area contributed by atoms with Crippen LogP contribution >= 0.6 is 0 Å². The van der Waals surface area contributed by atoms with Crippen LogP contribution in [-0.4, -0.2) is 41.1 Å². The van der Waals surface area contributed by atoms with E-state index in [1.807, 2.05) is 66.7 Å². The minimum atomic E-state index is -0.360. The van der Waals surface area contributed by atoms with Crippen molar-refractivity contribution >= 4 is 23.0 Å². The lowest BCUT2D eigenvalue weighted by atomic mass is 9.85. The van der Waals surface area contributed by atoms with Gasteiger partial charge in [0.05, 0.1) is 5.69 Å². The van der Waals surface area contributed by atoms with E-state index in [0.29, 0.717) is 19.5 Å². The molecule has 6 heteroatoms. The van der Waals surface area contributed by atoms with Gasteiger partial charge in [-0.15, -0.1) is 0 Å². The number of esters is 1. The summed E-state index contributed by atoms with van der Waals surface area (Å²) in [6.07, 6.45) is -0.160. The van der Waals surface area contributed by atoms with Gasteiger partial charge in [-0.1, -0.05) is 78.9 Å². The second-order valence-electron chi connectivity index (χ2n) is 8.85. The average molecular weight is 469 g/mol. The van der Waals surface area contributed by atoms with Crippen LogP contribution in [0.25, 0.3) is 22.2 Å². The fraction of sp³-hybridized carbons (Fsp3) is 0.241. The Morgan fingerprint density at radius 3 is 2.37 bits per heavy atom. The van der Waals surface area contributed by atoms with Gasteiger partial charge >= 0.3 is 12.1 Å². The lowest BCUT2D eigenvalue weighted by Crippen LogP contribution is -2.46. The molecule has 0 aliphatic carbocycles. The fourth-order valence-corrected chi connectivity index (χ4v) is 4.92. The number of carbonyl (C=O) groups excluding carboxylic acids is 2. The third-order valence-electron chi connectivity index (χ3n) is 6.51. The van der Waals surface area contributed by atoms with Crippen LogP contribution in [0.2, 0.25) is 0 Å². The minimum Gasteiger partial charge on any atom is -0.462 e. The van der Waals surface area contributed by atoms with Crippen LogP contribution in [0.1, 0.15) is 30.4 Å². The zero-order valence-corrected chi connectivity index (χ0v) is 19.6. The van der Waals surface area contributed by atoms with E-state index >= 15 is 0 Å². The number of H-pyrrole nitrogens is 1. The number of hydrogen-bond donors (Lipinski definition) is 1. The summed E-state index contributed by atoms with van der Waals surface area (Å²) in [5, 5.41) is 1.06. The molecule has 0 unspecified atom stereocenters. The molecule has 0 bridgehead atoms. The first kappa shape index (κ1) is 22.7. The van der Waals surface area contributed by atoms with Gasteiger partial charge in [0.25, 0.3) is 0 Å². The molecule has 0 radical (unpaired) electrons. The Morgan fingerprint density at radius 1 is 0.943 bits per heavy atom. The highest BCUT2D eigenvalue weighted by molar-refractivity contribution is 5.91. The van der Waals surface area contributed by atoms with Crippen molar-refractivity contribution in [3.05, 3.63) is 96.1 Å². The zero-order chi connectivity index (χ0) is 24.2. The third kappa shape index (κ3) is 4.92. The van der Waals surface area contributed by atoms with E-state index in [-0.39, 0.29) is 30.7 Å². The minimum absolute atomic E-state index is 0.205. The third-order valence-corrected chi connectivity index (χ3v) is 6.51. The van der Waals surface area contributed by atoms with Crippen LogP contribution in [0.4, 0.5) is 4.79 Å². The average Bonchev–Trinajstić information content (AvgIpc) is 3.28. The maximum absolute atomic E-state index is 13.0. The molecule has 0 saturated carbocycles. The molecule has 1 amide bonds. The molecule has 1 aliphatic heterocycles. The van der Waals surface area contributed by atoms with Gasteiger partial charge in [-0.25, -0.2) is 4.79 Å². The van der Waals surface area contributed by atoms with E-state index < -0.39 is 0 Å². The zero-order valence-electron chi connectivity index (χ0n) is 19.6. The first-order chi connectivity index (χ1) is 17.1. The smallest absolute Gasteiger partial charge is 0.410 e. The number of nitrogens with zero attached hydrogens (tertiary/aromatic N) is 1. The van der Waals surface area contributed by atoms with Crippen molar-refractivity contribution in [2.24, 2.45) is 0 Å². The van der Waals surface area contributed by atoms with Crippen molar-refractivity contribution in [3.63, 3.8) is 0 Å². The molecule has 1 saturated heterocycles. The molecule has 178 valence electrons. The number of likely N-dealkylation sites (tertiary alicyclic amines) is 1. The number of para-hydroxylation sites is 1. The molecule has 6 nitrogen and oxygen atoms in total. The van der Waals surface area contributed by atoms with Crippen LogP contribution in [0.5, 0.6) is 0 Å². The molecule has 0 spiro atoms. The standard InChI is InChI=1S/C29H28N2O4/c1-20(32)35-26-16-17-31(29(33)34-19-21-10-4-2-5-11-21)18-24(26)27-23-14-8-9-15-25(23)30-28(27)22-12-6-3-7-13-22/h2-15,24,26,30H,16-19H2,1H3/t24-,26-/m0/s1. The van der Waals surface area contributed by atoms with Crippen LogP contribution in [0, 0.1) is 0 Å². The molecule has 3 aromatic carbocycles. The normalized spacial score (nSPS) is 17.8. The Hall–Kier alpha value is -4.06. The molecular formula is C29H28N2O4. The first-order valence-corrected chi connectivity index (χ1v) is 11.9. The second kappa shape index (κ2) is 10.1. The number of ether oxygens (including phenoxy) is 2. The van der Waals surface area contributed by atoms with Gasteiger partial charge in [0.2, 0.25) is 0 Å². The van der Waals surface area contributed by atoms with E-state index in [4.69, 9.17) is 9.47 Å². The first-order valence-electron chi connectivity index (χ1n) is 11.9. The van der Waals surface area contributed by atoms with E-state index in [0.717, 1.165) is 33.3 Å². The number of amides is 1. The SMILES string of the molecule is CC(=O)O[C@H]1CCN(C(=O)OCc2ccccc2)C[C@@H]1c1c(-c2ccccc2)[nH]c2ccccc12. The van der Waals surface area contributed by atoms with E-state index in [1.165, 1.54) is 6.92 Å². The molecule has 4 aromatic rings. The Bertz CT molecular complexity index is 1320. The Balaban J connectivity index is 1.49. The quantitative estimate of drug-likeness (QED) is 0.371. The number of aromatic amines is 1.